The molecule has 7 nitrogen and oxygen atoms in total. The average Bonchev–Trinajstić information content (AvgIpc) is 2.20. The number of hydrogen-bond acceptors (Lipinski definition) is 4. The topological polar surface area (TPSA) is 123 Å². The highest BCUT2D eigenvalue weighted by Gasteiger charge is 2.01. The second-order valence-electron chi connectivity index (χ2n) is 3.38. The van der Waals surface area contributed by atoms with Crippen LogP contribution in [0, 0.1) is 0 Å². The summed E-state index contributed by atoms with van der Waals surface area (Å²) in [5, 5.41) is 7.85. The molecule has 0 aromatic carbocycles. The van der Waals surface area contributed by atoms with Crippen molar-refractivity contribution in [2.24, 2.45) is 16.0 Å². The number of rotatable bonds is 7. The second-order valence-corrected chi connectivity index (χ2v) is 5.11. The molecule has 0 rings (SSSR count). The molecule has 0 aliphatic heterocycles. The van der Waals surface area contributed by atoms with Gasteiger partial charge in [-0.1, -0.05) is 13.3 Å². The van der Waals surface area contributed by atoms with Gasteiger partial charge in [-0.25, -0.2) is 19.4 Å². The molecule has 0 atom stereocenters. The van der Waals surface area contributed by atoms with E-state index in [1.165, 1.54) is 0 Å². The van der Waals surface area contributed by atoms with Crippen molar-refractivity contribution in [2.75, 3.05) is 18.8 Å². The molecule has 0 aliphatic rings. The summed E-state index contributed by atoms with van der Waals surface area (Å²) in [6.45, 7) is 3.24. The lowest BCUT2D eigenvalue weighted by Gasteiger charge is -2.07. The van der Waals surface area contributed by atoms with Crippen LogP contribution in [0.2, 0.25) is 0 Å². The molecule has 0 bridgehead atoms. The van der Waals surface area contributed by atoms with Gasteiger partial charge in [0, 0.05) is 13.1 Å². The van der Waals surface area contributed by atoms with Crippen LogP contribution in [0.25, 0.3) is 0 Å². The molecule has 0 heterocycles. The minimum absolute atomic E-state index is 0.0662. The molecule has 0 unspecified atom stereocenters. The third-order valence-electron chi connectivity index (χ3n) is 1.82. The number of sulfonamides is 1. The number of nitrogens with zero attached hydrogens (tertiary/aromatic N) is 1. The van der Waals surface area contributed by atoms with Gasteiger partial charge >= 0.3 is 0 Å². The summed E-state index contributed by atoms with van der Waals surface area (Å²) in [6.07, 6.45) is 2.49. The van der Waals surface area contributed by atoms with Crippen molar-refractivity contribution in [2.45, 2.75) is 26.2 Å². The Bertz CT molecular complexity index is 302. The van der Waals surface area contributed by atoms with Crippen LogP contribution in [0.5, 0.6) is 0 Å². The van der Waals surface area contributed by atoms with E-state index >= 15 is 0 Å². The third kappa shape index (κ3) is 9.69. The Morgan fingerprint density at radius 2 is 2.06 bits per heavy atom. The fourth-order valence-electron chi connectivity index (χ4n) is 0.993. The first-order chi connectivity index (χ1) is 7.49. The third-order valence-corrected chi connectivity index (χ3v) is 2.67. The molecule has 0 amide bonds. The van der Waals surface area contributed by atoms with E-state index in [-0.39, 0.29) is 5.75 Å². The fourth-order valence-corrected chi connectivity index (χ4v) is 1.52. The van der Waals surface area contributed by atoms with Crippen LogP contribution in [0.4, 0.5) is 0 Å². The van der Waals surface area contributed by atoms with E-state index in [2.05, 4.69) is 22.7 Å². The first-order valence-corrected chi connectivity index (χ1v) is 6.96. The highest BCUT2D eigenvalue weighted by molar-refractivity contribution is 7.89. The van der Waals surface area contributed by atoms with Crippen molar-refractivity contribution >= 4 is 16.0 Å². The maximum absolute atomic E-state index is 10.6. The Labute approximate surface area is 96.7 Å². The number of primary sulfonamides is 1. The SMILES string of the molecule is CCCCNC(=NCCCS(N)(=O)=O)NN. The number of nitrogens with one attached hydrogen (secondary N) is 2. The molecular weight excluding hydrogens is 230 g/mol. The Kier molecular flexibility index (Phi) is 7.86. The van der Waals surface area contributed by atoms with Gasteiger partial charge in [0.05, 0.1) is 5.75 Å². The Morgan fingerprint density at radius 3 is 2.56 bits per heavy atom. The monoisotopic (exact) mass is 251 g/mol. The standard InChI is InChI=1S/C8H21N5O2S/c1-2-3-5-11-8(13-9)12-6-4-7-16(10,14)15/h2-7,9H2,1H3,(H2,10,14,15)(H2,11,12,13). The van der Waals surface area contributed by atoms with Gasteiger partial charge in [0.2, 0.25) is 16.0 Å². The highest BCUT2D eigenvalue weighted by Crippen LogP contribution is 1.87. The summed E-state index contributed by atoms with van der Waals surface area (Å²) in [4.78, 5) is 4.07. The fraction of sp³-hybridized carbons (Fsp3) is 0.875. The molecule has 8 heteroatoms. The summed E-state index contributed by atoms with van der Waals surface area (Å²) in [5.41, 5.74) is 2.42. The van der Waals surface area contributed by atoms with Crippen LogP contribution in [-0.2, 0) is 10.0 Å². The maximum Gasteiger partial charge on any atom is 0.209 e. The number of hydrazine groups is 1. The van der Waals surface area contributed by atoms with Gasteiger partial charge in [0.1, 0.15) is 0 Å². The van der Waals surface area contributed by atoms with Gasteiger partial charge < -0.3 is 5.32 Å². The minimum atomic E-state index is -3.39. The quantitative estimate of drug-likeness (QED) is 0.150. The summed E-state index contributed by atoms with van der Waals surface area (Å²) >= 11 is 0. The summed E-state index contributed by atoms with van der Waals surface area (Å²) < 4.78 is 21.3. The number of hydrogen-bond donors (Lipinski definition) is 4. The van der Waals surface area contributed by atoms with Gasteiger partial charge in [0.15, 0.2) is 0 Å². The molecule has 0 saturated heterocycles. The first kappa shape index (κ1) is 15.1. The molecule has 0 radical (unpaired) electrons. The zero-order chi connectivity index (χ0) is 12.4. The number of guanidine groups is 1. The predicted molar refractivity (Wildman–Crippen MR) is 65.1 cm³/mol. The van der Waals surface area contributed by atoms with Crippen LogP contribution >= 0.6 is 0 Å². The van der Waals surface area contributed by atoms with Gasteiger partial charge in [-0.3, -0.25) is 10.4 Å². The van der Waals surface area contributed by atoms with Gasteiger partial charge in [-0.2, -0.15) is 0 Å². The zero-order valence-corrected chi connectivity index (χ0v) is 10.4. The van der Waals surface area contributed by atoms with Gasteiger partial charge in [0.25, 0.3) is 0 Å². The predicted octanol–water partition coefficient (Wildman–Crippen LogP) is -1.13. The second kappa shape index (κ2) is 8.31. The van der Waals surface area contributed by atoms with E-state index in [1.807, 2.05) is 0 Å². The van der Waals surface area contributed by atoms with E-state index in [1.54, 1.807) is 0 Å². The van der Waals surface area contributed by atoms with Crippen molar-refractivity contribution in [3.63, 3.8) is 0 Å². The lowest BCUT2D eigenvalue weighted by molar-refractivity contribution is 0.595. The van der Waals surface area contributed by atoms with Crippen molar-refractivity contribution in [3.05, 3.63) is 0 Å². The smallest absolute Gasteiger partial charge is 0.209 e. The molecule has 6 N–H and O–H groups in total. The van der Waals surface area contributed by atoms with E-state index in [0.717, 1.165) is 19.4 Å². The lowest BCUT2D eigenvalue weighted by Crippen LogP contribution is -2.42. The maximum atomic E-state index is 10.6. The van der Waals surface area contributed by atoms with Crippen molar-refractivity contribution in [1.29, 1.82) is 0 Å². The Hall–Kier alpha value is -0.860. The zero-order valence-electron chi connectivity index (χ0n) is 9.57. The van der Waals surface area contributed by atoms with E-state index in [4.69, 9.17) is 11.0 Å². The Morgan fingerprint density at radius 1 is 1.38 bits per heavy atom. The number of unbranched alkanes of at least 4 members (excludes halogenated alkanes) is 1. The van der Waals surface area contributed by atoms with Crippen molar-refractivity contribution in [3.8, 4) is 0 Å². The van der Waals surface area contributed by atoms with Crippen molar-refractivity contribution < 1.29 is 8.42 Å². The molecule has 96 valence electrons. The van der Waals surface area contributed by atoms with E-state index < -0.39 is 10.0 Å². The largest absolute Gasteiger partial charge is 0.355 e. The van der Waals surface area contributed by atoms with Gasteiger partial charge in [-0.15, -0.1) is 0 Å². The number of aliphatic imine (C=N–C) groups is 1. The lowest BCUT2D eigenvalue weighted by atomic mass is 10.3. The molecule has 0 aromatic heterocycles. The van der Waals surface area contributed by atoms with Gasteiger partial charge in [-0.05, 0) is 12.8 Å². The van der Waals surface area contributed by atoms with Crippen molar-refractivity contribution in [1.82, 2.24) is 10.7 Å². The minimum Gasteiger partial charge on any atom is -0.355 e. The summed E-state index contributed by atoms with van der Waals surface area (Å²) in [7, 11) is -3.39. The van der Waals surface area contributed by atoms with Crippen LogP contribution in [0.1, 0.15) is 26.2 Å². The molecule has 0 aromatic rings. The molecule has 0 aliphatic carbocycles. The van der Waals surface area contributed by atoms with Crippen LogP contribution < -0.4 is 21.7 Å². The molecule has 0 spiro atoms. The van der Waals surface area contributed by atoms with Crippen LogP contribution in [0.3, 0.4) is 0 Å². The van der Waals surface area contributed by atoms with E-state index in [0.29, 0.717) is 18.9 Å². The molecule has 16 heavy (non-hydrogen) atoms. The molecule has 0 fully saturated rings. The normalized spacial score (nSPS) is 12.6. The molecule has 0 saturated carbocycles. The summed E-state index contributed by atoms with van der Waals surface area (Å²) in [6, 6.07) is 0. The van der Waals surface area contributed by atoms with Crippen LogP contribution in [0.15, 0.2) is 4.99 Å². The van der Waals surface area contributed by atoms with Crippen LogP contribution in [-0.4, -0.2) is 33.2 Å². The highest BCUT2D eigenvalue weighted by atomic mass is 32.2. The number of nitrogens with two attached hydrogens (primary N) is 2. The first-order valence-electron chi connectivity index (χ1n) is 5.25. The van der Waals surface area contributed by atoms with E-state index in [9.17, 15) is 8.42 Å². The Balaban J connectivity index is 3.80. The summed E-state index contributed by atoms with van der Waals surface area (Å²) in [5.74, 6) is 5.65. The average molecular weight is 251 g/mol. The molecular formula is C8H21N5O2S.